The molecule has 1 saturated carbocycles. The molecule has 0 aliphatic heterocycles. The van der Waals surface area contributed by atoms with Crippen molar-refractivity contribution in [2.45, 2.75) is 31.1 Å². The molecule has 28 heavy (non-hydrogen) atoms. The lowest BCUT2D eigenvalue weighted by Gasteiger charge is -2.16. The van der Waals surface area contributed by atoms with Gasteiger partial charge in [-0.05, 0) is 72.6 Å². The topological polar surface area (TPSA) is 46.2 Å². The van der Waals surface area contributed by atoms with Gasteiger partial charge in [-0.2, -0.15) is 0 Å². The predicted octanol–water partition coefficient (Wildman–Crippen LogP) is 5.17. The summed E-state index contributed by atoms with van der Waals surface area (Å²) in [6.45, 7) is 1.95. The first kappa shape index (κ1) is 17.5. The van der Waals surface area contributed by atoms with E-state index in [2.05, 4.69) is 23.0 Å². The van der Waals surface area contributed by atoms with Gasteiger partial charge in [0.2, 0.25) is 0 Å². The zero-order chi connectivity index (χ0) is 19.3. The maximum atomic E-state index is 12.8. The number of aryl methyl sites for hydroxylation is 1. The molecule has 0 spiro atoms. The lowest BCUT2D eigenvalue weighted by Crippen LogP contribution is -2.15. The van der Waals surface area contributed by atoms with Gasteiger partial charge in [0.15, 0.2) is 0 Å². The molecule has 1 unspecified atom stereocenters. The Morgan fingerprint density at radius 1 is 0.964 bits per heavy atom. The second-order valence-corrected chi connectivity index (χ2v) is 9.68. The maximum absolute atomic E-state index is 12.8. The van der Waals surface area contributed by atoms with Crippen molar-refractivity contribution in [1.29, 1.82) is 0 Å². The monoisotopic (exact) mass is 389 g/mol. The molecule has 1 N–H and O–H groups in total. The predicted molar refractivity (Wildman–Crippen MR) is 113 cm³/mol. The van der Waals surface area contributed by atoms with E-state index in [0.717, 1.165) is 23.5 Å². The summed E-state index contributed by atoms with van der Waals surface area (Å²) in [5.74, 6) is 1.11. The summed E-state index contributed by atoms with van der Waals surface area (Å²) in [5.41, 5.74) is 7.06. The van der Waals surface area contributed by atoms with Gasteiger partial charge in [-0.25, -0.2) is 8.42 Å². The quantitative estimate of drug-likeness (QED) is 0.741. The second kappa shape index (κ2) is 6.49. The van der Waals surface area contributed by atoms with Gasteiger partial charge in [0.1, 0.15) is 0 Å². The van der Waals surface area contributed by atoms with Crippen molar-refractivity contribution in [1.82, 2.24) is 0 Å². The van der Waals surface area contributed by atoms with Crippen LogP contribution >= 0.6 is 0 Å². The van der Waals surface area contributed by atoms with Crippen LogP contribution in [0.4, 0.5) is 5.69 Å². The second-order valence-electron chi connectivity index (χ2n) is 8.00. The molecule has 0 radical (unpaired) electrons. The van der Waals surface area contributed by atoms with Crippen molar-refractivity contribution < 1.29 is 8.42 Å². The Kier molecular flexibility index (Phi) is 4.06. The third-order valence-electron chi connectivity index (χ3n) is 5.92. The minimum Gasteiger partial charge on any atom is -0.279 e. The molecule has 3 aliphatic rings. The highest BCUT2D eigenvalue weighted by atomic mass is 32.2. The van der Waals surface area contributed by atoms with Crippen LogP contribution in [-0.2, 0) is 16.4 Å². The molecule has 2 bridgehead atoms. The first-order valence-electron chi connectivity index (χ1n) is 9.82. The molecule has 5 rings (SSSR count). The van der Waals surface area contributed by atoms with Crippen LogP contribution < -0.4 is 4.72 Å². The number of benzene rings is 2. The third kappa shape index (κ3) is 3.12. The number of hydrogen-bond donors (Lipinski definition) is 1. The summed E-state index contributed by atoms with van der Waals surface area (Å²) >= 11 is 0. The molecule has 4 heteroatoms. The molecular weight excluding hydrogens is 366 g/mol. The van der Waals surface area contributed by atoms with Crippen LogP contribution in [-0.4, -0.2) is 8.42 Å². The summed E-state index contributed by atoms with van der Waals surface area (Å²) < 4.78 is 28.5. The first-order valence-corrected chi connectivity index (χ1v) is 11.3. The number of nitrogens with one attached hydrogen (secondary N) is 1. The normalized spacial score (nSPS) is 20.6. The summed E-state index contributed by atoms with van der Waals surface area (Å²) in [7, 11) is -3.60. The van der Waals surface area contributed by atoms with Crippen molar-refractivity contribution in [3.05, 3.63) is 94.6 Å². The Bertz CT molecular complexity index is 1130. The fraction of sp³-hybridized carbons (Fsp3) is 0.250. The van der Waals surface area contributed by atoms with Crippen LogP contribution in [0, 0.1) is 18.8 Å². The largest absolute Gasteiger partial charge is 0.279 e. The summed E-state index contributed by atoms with van der Waals surface area (Å²) in [6, 6.07) is 14.7. The van der Waals surface area contributed by atoms with Crippen molar-refractivity contribution in [3.63, 3.8) is 0 Å². The van der Waals surface area contributed by atoms with Gasteiger partial charge in [0.05, 0.1) is 10.6 Å². The van der Waals surface area contributed by atoms with Crippen LogP contribution in [0.2, 0.25) is 0 Å². The van der Waals surface area contributed by atoms with E-state index < -0.39 is 10.0 Å². The molecule has 0 saturated heterocycles. The van der Waals surface area contributed by atoms with Gasteiger partial charge in [-0.1, -0.05) is 54.1 Å². The molecule has 0 heterocycles. The standard InChI is InChI=1S/C24H23NO2S/c1-16-6-11-20(12-7-16)28(26,27)25-24-5-3-2-4-19(24)15-23-18-10-13-21(23)22(14-18)17-8-9-17/h2-7,10-14,17,23,25H,8-9,15H2,1H3. The van der Waals surface area contributed by atoms with Crippen molar-refractivity contribution >= 4 is 15.7 Å². The molecule has 0 amide bonds. The molecule has 0 aromatic heterocycles. The Labute approximate surface area is 166 Å². The summed E-state index contributed by atoms with van der Waals surface area (Å²) in [5, 5.41) is 0. The van der Waals surface area contributed by atoms with Gasteiger partial charge in [0.25, 0.3) is 10.0 Å². The van der Waals surface area contributed by atoms with Crippen LogP contribution in [0.15, 0.2) is 88.4 Å². The average Bonchev–Trinajstić information content (AvgIpc) is 3.40. The van der Waals surface area contributed by atoms with Crippen LogP contribution in [0.25, 0.3) is 0 Å². The Balaban J connectivity index is 1.41. The highest BCUT2D eigenvalue weighted by Gasteiger charge is 2.36. The number of sulfonamides is 1. The molecular formula is C24H23NO2S. The van der Waals surface area contributed by atoms with E-state index in [4.69, 9.17) is 0 Å². The van der Waals surface area contributed by atoms with Gasteiger partial charge in [-0.3, -0.25) is 4.72 Å². The minimum atomic E-state index is -3.60. The molecule has 1 fully saturated rings. The fourth-order valence-corrected chi connectivity index (χ4v) is 5.32. The van der Waals surface area contributed by atoms with Crippen molar-refractivity contribution in [2.24, 2.45) is 11.8 Å². The van der Waals surface area contributed by atoms with Crippen LogP contribution in [0.5, 0.6) is 0 Å². The Morgan fingerprint density at radius 3 is 2.46 bits per heavy atom. The highest BCUT2D eigenvalue weighted by Crippen LogP contribution is 2.50. The number of hydrogen-bond acceptors (Lipinski definition) is 2. The number of allylic oxidation sites excluding steroid dienone is 6. The minimum absolute atomic E-state index is 0.289. The summed E-state index contributed by atoms with van der Waals surface area (Å²) in [6.07, 6.45) is 10.2. The fourth-order valence-electron chi connectivity index (χ4n) is 4.22. The molecule has 3 aliphatic carbocycles. The van der Waals surface area contributed by atoms with Crippen LogP contribution in [0.1, 0.15) is 24.0 Å². The highest BCUT2D eigenvalue weighted by molar-refractivity contribution is 7.92. The number of rotatable bonds is 6. The van der Waals surface area contributed by atoms with Crippen molar-refractivity contribution in [3.8, 4) is 0 Å². The Hall–Kier alpha value is -2.59. The van der Waals surface area contributed by atoms with E-state index in [0.29, 0.717) is 11.6 Å². The van der Waals surface area contributed by atoms with Gasteiger partial charge in [-0.15, -0.1) is 0 Å². The van der Waals surface area contributed by atoms with E-state index in [1.807, 2.05) is 43.3 Å². The van der Waals surface area contributed by atoms with E-state index in [1.165, 1.54) is 29.6 Å². The van der Waals surface area contributed by atoms with E-state index in [9.17, 15) is 8.42 Å². The SMILES string of the molecule is Cc1ccc(S(=O)(=O)Nc2ccccc2CC2C3=CC(C4CC4)=C2C=C3)cc1. The van der Waals surface area contributed by atoms with Crippen LogP contribution in [0.3, 0.4) is 0 Å². The Morgan fingerprint density at radius 2 is 1.71 bits per heavy atom. The summed E-state index contributed by atoms with van der Waals surface area (Å²) in [4.78, 5) is 0.289. The molecule has 2 aromatic carbocycles. The lowest BCUT2D eigenvalue weighted by molar-refractivity contribution is 0.601. The molecule has 2 aromatic rings. The van der Waals surface area contributed by atoms with E-state index >= 15 is 0 Å². The number of fused-ring (bicyclic) bond motifs is 2. The molecule has 142 valence electrons. The smallest absolute Gasteiger partial charge is 0.261 e. The number of anilines is 1. The van der Waals surface area contributed by atoms with E-state index in [1.54, 1.807) is 12.1 Å². The lowest BCUT2D eigenvalue weighted by atomic mass is 9.92. The zero-order valence-electron chi connectivity index (χ0n) is 15.9. The molecule has 3 nitrogen and oxygen atoms in total. The maximum Gasteiger partial charge on any atom is 0.261 e. The molecule has 1 atom stereocenters. The number of para-hydroxylation sites is 1. The third-order valence-corrected chi connectivity index (χ3v) is 7.30. The van der Waals surface area contributed by atoms with Gasteiger partial charge in [0, 0.05) is 5.92 Å². The first-order chi connectivity index (χ1) is 13.5. The van der Waals surface area contributed by atoms with E-state index in [-0.39, 0.29) is 4.90 Å². The van der Waals surface area contributed by atoms with Gasteiger partial charge < -0.3 is 0 Å². The van der Waals surface area contributed by atoms with Crippen molar-refractivity contribution in [2.75, 3.05) is 4.72 Å². The van der Waals surface area contributed by atoms with Gasteiger partial charge >= 0.3 is 0 Å². The zero-order valence-corrected chi connectivity index (χ0v) is 16.7. The average molecular weight is 390 g/mol.